The van der Waals surface area contributed by atoms with Crippen LogP contribution in [0, 0.1) is 13.8 Å². The summed E-state index contributed by atoms with van der Waals surface area (Å²) >= 11 is 0. The van der Waals surface area contributed by atoms with Gasteiger partial charge in [-0.25, -0.2) is 4.79 Å². The number of carbonyl (C=O) groups excluding carboxylic acids is 1. The number of aromatic nitrogens is 1. The first kappa shape index (κ1) is 15.8. The van der Waals surface area contributed by atoms with Crippen LogP contribution in [-0.4, -0.2) is 24.2 Å². The minimum Gasteiger partial charge on any atom is -0.491 e. The van der Waals surface area contributed by atoms with Gasteiger partial charge in [0.2, 0.25) is 0 Å². The number of nitrogens with zero attached hydrogens (tertiary/aromatic N) is 1. The number of aryl methyl sites for hydroxylation is 2. The molecule has 2 N–H and O–H groups in total. The number of urea groups is 1. The molecule has 0 unspecified atom stereocenters. The minimum atomic E-state index is -0.227. The Bertz CT molecular complexity index is 615. The van der Waals surface area contributed by atoms with Crippen LogP contribution in [0.2, 0.25) is 0 Å². The molecule has 116 valence electrons. The van der Waals surface area contributed by atoms with E-state index in [-0.39, 0.29) is 6.03 Å². The van der Waals surface area contributed by atoms with Crippen LogP contribution < -0.4 is 15.4 Å². The molecule has 0 aliphatic rings. The van der Waals surface area contributed by atoms with E-state index in [1.807, 2.05) is 50.2 Å². The molecule has 0 radical (unpaired) electrons. The van der Waals surface area contributed by atoms with E-state index in [0.29, 0.717) is 19.7 Å². The van der Waals surface area contributed by atoms with Gasteiger partial charge in [0.15, 0.2) is 0 Å². The van der Waals surface area contributed by atoms with Gasteiger partial charge in [0.05, 0.1) is 18.8 Å². The van der Waals surface area contributed by atoms with E-state index in [1.54, 1.807) is 6.20 Å². The highest BCUT2D eigenvalue weighted by Gasteiger charge is 2.02. The highest BCUT2D eigenvalue weighted by Crippen LogP contribution is 2.18. The van der Waals surface area contributed by atoms with Crippen molar-refractivity contribution < 1.29 is 9.53 Å². The van der Waals surface area contributed by atoms with Gasteiger partial charge in [0.25, 0.3) is 0 Å². The Kier molecular flexibility index (Phi) is 5.77. The van der Waals surface area contributed by atoms with Crippen LogP contribution in [0.1, 0.15) is 16.8 Å². The van der Waals surface area contributed by atoms with Crippen LogP contribution in [0.3, 0.4) is 0 Å². The lowest BCUT2D eigenvalue weighted by atomic mass is 10.1. The van der Waals surface area contributed by atoms with Crippen LogP contribution in [0.5, 0.6) is 5.75 Å². The van der Waals surface area contributed by atoms with Gasteiger partial charge < -0.3 is 15.4 Å². The molecule has 0 aliphatic carbocycles. The Morgan fingerprint density at radius 3 is 2.82 bits per heavy atom. The zero-order valence-electron chi connectivity index (χ0n) is 12.9. The van der Waals surface area contributed by atoms with E-state index in [1.165, 1.54) is 0 Å². The Balaban J connectivity index is 1.66. The Hall–Kier alpha value is -2.56. The number of hydrogen-bond acceptors (Lipinski definition) is 3. The van der Waals surface area contributed by atoms with Gasteiger partial charge in [0, 0.05) is 6.20 Å². The summed E-state index contributed by atoms with van der Waals surface area (Å²) in [7, 11) is 0. The molecule has 2 amide bonds. The summed E-state index contributed by atoms with van der Waals surface area (Å²) in [5, 5.41) is 5.50. The largest absolute Gasteiger partial charge is 0.491 e. The van der Waals surface area contributed by atoms with Gasteiger partial charge >= 0.3 is 6.03 Å². The summed E-state index contributed by atoms with van der Waals surface area (Å²) in [6.45, 7) is 5.31. The number of amides is 2. The zero-order valence-corrected chi connectivity index (χ0v) is 12.9. The average molecular weight is 299 g/mol. The highest BCUT2D eigenvalue weighted by molar-refractivity contribution is 5.73. The van der Waals surface area contributed by atoms with Crippen molar-refractivity contribution in [3.05, 3.63) is 59.4 Å². The molecule has 2 rings (SSSR count). The van der Waals surface area contributed by atoms with Gasteiger partial charge in [-0.05, 0) is 43.2 Å². The van der Waals surface area contributed by atoms with E-state index in [4.69, 9.17) is 4.74 Å². The van der Waals surface area contributed by atoms with E-state index < -0.39 is 0 Å². The number of rotatable bonds is 6. The molecule has 5 heteroatoms. The maximum atomic E-state index is 11.6. The van der Waals surface area contributed by atoms with Crippen molar-refractivity contribution in [2.75, 3.05) is 13.2 Å². The Labute approximate surface area is 130 Å². The predicted molar refractivity (Wildman–Crippen MR) is 85.9 cm³/mol. The lowest BCUT2D eigenvalue weighted by Crippen LogP contribution is -2.37. The van der Waals surface area contributed by atoms with Crippen molar-refractivity contribution in [2.45, 2.75) is 20.4 Å². The van der Waals surface area contributed by atoms with Gasteiger partial charge in [-0.2, -0.15) is 0 Å². The predicted octanol–water partition coefficient (Wildman–Crippen LogP) is 2.58. The molecule has 0 saturated heterocycles. The molecule has 1 aromatic carbocycles. The van der Waals surface area contributed by atoms with E-state index in [0.717, 1.165) is 22.6 Å². The summed E-state index contributed by atoms with van der Waals surface area (Å²) in [5.74, 6) is 0.857. The molecule has 0 aliphatic heterocycles. The molecule has 22 heavy (non-hydrogen) atoms. The summed E-state index contributed by atoms with van der Waals surface area (Å²) in [6, 6.07) is 11.4. The molecule has 0 fully saturated rings. The lowest BCUT2D eigenvalue weighted by molar-refractivity contribution is 0.236. The normalized spacial score (nSPS) is 10.1. The molecule has 0 spiro atoms. The second-order valence-electron chi connectivity index (χ2n) is 5.05. The third-order valence-electron chi connectivity index (χ3n) is 3.15. The van der Waals surface area contributed by atoms with Crippen LogP contribution in [0.15, 0.2) is 42.6 Å². The first-order valence-corrected chi connectivity index (χ1v) is 7.27. The Morgan fingerprint density at radius 2 is 2.05 bits per heavy atom. The molecule has 1 heterocycles. The lowest BCUT2D eigenvalue weighted by Gasteiger charge is -2.11. The second-order valence-corrected chi connectivity index (χ2v) is 5.05. The summed E-state index contributed by atoms with van der Waals surface area (Å²) in [5.41, 5.74) is 3.07. The second kappa shape index (κ2) is 8.02. The molecule has 5 nitrogen and oxygen atoms in total. The summed E-state index contributed by atoms with van der Waals surface area (Å²) < 4.78 is 5.68. The van der Waals surface area contributed by atoms with Crippen molar-refractivity contribution in [1.82, 2.24) is 15.6 Å². The molecule has 0 bridgehead atoms. The number of ether oxygens (including phenoxy) is 1. The van der Waals surface area contributed by atoms with E-state index in [2.05, 4.69) is 15.6 Å². The van der Waals surface area contributed by atoms with Gasteiger partial charge in [-0.3, -0.25) is 4.98 Å². The Morgan fingerprint density at radius 1 is 1.18 bits per heavy atom. The SMILES string of the molecule is Cc1ccc(C)c(OCCNC(=O)NCc2ccccn2)c1. The minimum absolute atomic E-state index is 0.227. The standard InChI is InChI=1S/C17H21N3O2/c1-13-6-7-14(2)16(11-13)22-10-9-19-17(21)20-12-15-5-3-4-8-18-15/h3-8,11H,9-10,12H2,1-2H3,(H2,19,20,21). The third-order valence-corrected chi connectivity index (χ3v) is 3.15. The number of pyridine rings is 1. The summed E-state index contributed by atoms with van der Waals surface area (Å²) in [6.07, 6.45) is 1.70. The third kappa shape index (κ3) is 5.09. The summed E-state index contributed by atoms with van der Waals surface area (Å²) in [4.78, 5) is 15.8. The fraction of sp³-hybridized carbons (Fsp3) is 0.294. The van der Waals surface area contributed by atoms with Crippen molar-refractivity contribution in [3.8, 4) is 5.75 Å². The maximum absolute atomic E-state index is 11.6. The van der Waals surface area contributed by atoms with Crippen LogP contribution in [0.4, 0.5) is 4.79 Å². The van der Waals surface area contributed by atoms with Crippen molar-refractivity contribution in [3.63, 3.8) is 0 Å². The molecule has 0 atom stereocenters. The smallest absolute Gasteiger partial charge is 0.315 e. The quantitative estimate of drug-likeness (QED) is 0.806. The van der Waals surface area contributed by atoms with Crippen LogP contribution >= 0.6 is 0 Å². The number of hydrogen-bond donors (Lipinski definition) is 2. The van der Waals surface area contributed by atoms with E-state index >= 15 is 0 Å². The monoisotopic (exact) mass is 299 g/mol. The van der Waals surface area contributed by atoms with Gasteiger partial charge in [-0.15, -0.1) is 0 Å². The average Bonchev–Trinajstić information content (AvgIpc) is 2.53. The molecule has 2 aromatic rings. The number of nitrogens with one attached hydrogen (secondary N) is 2. The maximum Gasteiger partial charge on any atom is 0.315 e. The molecular formula is C17H21N3O2. The van der Waals surface area contributed by atoms with Crippen molar-refractivity contribution in [1.29, 1.82) is 0 Å². The van der Waals surface area contributed by atoms with Crippen LogP contribution in [-0.2, 0) is 6.54 Å². The van der Waals surface area contributed by atoms with Gasteiger partial charge in [-0.1, -0.05) is 18.2 Å². The molecular weight excluding hydrogens is 278 g/mol. The first-order chi connectivity index (χ1) is 10.6. The van der Waals surface area contributed by atoms with Gasteiger partial charge in [0.1, 0.15) is 12.4 Å². The molecule has 1 aromatic heterocycles. The number of carbonyl (C=O) groups is 1. The zero-order chi connectivity index (χ0) is 15.8. The fourth-order valence-electron chi connectivity index (χ4n) is 1.92. The van der Waals surface area contributed by atoms with Crippen LogP contribution in [0.25, 0.3) is 0 Å². The van der Waals surface area contributed by atoms with Crippen molar-refractivity contribution in [2.24, 2.45) is 0 Å². The van der Waals surface area contributed by atoms with Crippen molar-refractivity contribution >= 4 is 6.03 Å². The first-order valence-electron chi connectivity index (χ1n) is 7.27. The number of benzene rings is 1. The van der Waals surface area contributed by atoms with E-state index in [9.17, 15) is 4.79 Å². The fourth-order valence-corrected chi connectivity index (χ4v) is 1.92. The molecule has 0 saturated carbocycles. The highest BCUT2D eigenvalue weighted by atomic mass is 16.5. The topological polar surface area (TPSA) is 63.2 Å².